The van der Waals surface area contributed by atoms with Gasteiger partial charge in [0.1, 0.15) is 0 Å². The van der Waals surface area contributed by atoms with E-state index in [0.29, 0.717) is 36.8 Å². The van der Waals surface area contributed by atoms with Crippen molar-refractivity contribution in [3.63, 3.8) is 0 Å². The number of piperidine rings is 1. The molecule has 1 aromatic rings. The van der Waals surface area contributed by atoms with Crippen molar-refractivity contribution < 1.29 is 14.7 Å². The minimum absolute atomic E-state index is 0.231. The molecule has 1 saturated heterocycles. The number of carbonyl (C=O) groups excluding carboxylic acids is 2. The largest absolute Gasteiger partial charge is 0.391 e. The Labute approximate surface area is 147 Å². The molecule has 1 heterocycles. The summed E-state index contributed by atoms with van der Waals surface area (Å²) >= 11 is 6.17. The van der Waals surface area contributed by atoms with E-state index in [4.69, 9.17) is 11.6 Å². The topological polar surface area (TPSA) is 81.7 Å². The number of likely N-dealkylation sites (tertiary alicyclic amines) is 1. The van der Waals surface area contributed by atoms with Gasteiger partial charge in [0.2, 0.25) is 0 Å². The Bertz CT molecular complexity index is 607. The molecule has 132 valence electrons. The number of urea groups is 1. The number of amides is 3. The second kappa shape index (κ2) is 8.35. The Morgan fingerprint density at radius 1 is 1.42 bits per heavy atom. The highest BCUT2D eigenvalue weighted by Crippen LogP contribution is 2.22. The molecule has 0 aromatic heterocycles. The van der Waals surface area contributed by atoms with Crippen molar-refractivity contribution in [3.05, 3.63) is 28.8 Å². The molecular formula is C17H24ClN3O3. The maximum Gasteiger partial charge on any atom is 0.321 e. The van der Waals surface area contributed by atoms with Crippen molar-refractivity contribution in [1.29, 1.82) is 0 Å². The van der Waals surface area contributed by atoms with E-state index in [1.54, 1.807) is 23.1 Å². The SMILES string of the molecule is CC(C)CNC(=O)c1ccc(NC(=O)N2CCCC(O)C2)cc1Cl. The van der Waals surface area contributed by atoms with E-state index in [-0.39, 0.29) is 17.0 Å². The number of aliphatic hydroxyl groups is 1. The van der Waals surface area contributed by atoms with Crippen molar-refractivity contribution in [2.24, 2.45) is 5.92 Å². The normalized spacial score (nSPS) is 17.7. The zero-order valence-electron chi connectivity index (χ0n) is 14.0. The lowest BCUT2D eigenvalue weighted by molar-refractivity contribution is 0.0883. The monoisotopic (exact) mass is 353 g/mol. The second-order valence-electron chi connectivity index (χ2n) is 6.47. The molecule has 1 unspecified atom stereocenters. The van der Waals surface area contributed by atoms with Gasteiger partial charge >= 0.3 is 6.03 Å². The van der Waals surface area contributed by atoms with Crippen LogP contribution in [0.4, 0.5) is 10.5 Å². The number of carbonyl (C=O) groups is 2. The van der Waals surface area contributed by atoms with Gasteiger partial charge in [-0.1, -0.05) is 25.4 Å². The fraction of sp³-hybridized carbons (Fsp3) is 0.529. The number of nitrogens with one attached hydrogen (secondary N) is 2. The van der Waals surface area contributed by atoms with Crippen LogP contribution >= 0.6 is 11.6 Å². The Morgan fingerprint density at radius 2 is 2.17 bits per heavy atom. The Hall–Kier alpha value is -1.79. The molecule has 3 N–H and O–H groups in total. The molecule has 0 spiro atoms. The Kier molecular flexibility index (Phi) is 6.45. The summed E-state index contributed by atoms with van der Waals surface area (Å²) in [5.41, 5.74) is 0.897. The molecule has 6 nitrogen and oxygen atoms in total. The molecule has 0 saturated carbocycles. The van der Waals surface area contributed by atoms with Crippen LogP contribution in [0.1, 0.15) is 37.0 Å². The lowest BCUT2D eigenvalue weighted by Crippen LogP contribution is -2.44. The van der Waals surface area contributed by atoms with Gasteiger partial charge in [-0.2, -0.15) is 0 Å². The molecule has 1 fully saturated rings. The minimum atomic E-state index is -0.472. The van der Waals surface area contributed by atoms with Crippen LogP contribution in [0.25, 0.3) is 0 Å². The molecule has 24 heavy (non-hydrogen) atoms. The van der Waals surface area contributed by atoms with E-state index < -0.39 is 6.10 Å². The molecule has 7 heteroatoms. The van der Waals surface area contributed by atoms with Crippen LogP contribution in [0.15, 0.2) is 18.2 Å². The van der Waals surface area contributed by atoms with Gasteiger partial charge < -0.3 is 20.6 Å². The molecule has 0 bridgehead atoms. The average molecular weight is 354 g/mol. The van der Waals surface area contributed by atoms with Crippen LogP contribution in [0.3, 0.4) is 0 Å². The Balaban J connectivity index is 1.98. The zero-order valence-corrected chi connectivity index (χ0v) is 14.8. The maximum absolute atomic E-state index is 12.2. The van der Waals surface area contributed by atoms with Gasteiger partial charge in [-0.15, -0.1) is 0 Å². The summed E-state index contributed by atoms with van der Waals surface area (Å²) < 4.78 is 0. The average Bonchev–Trinajstić information content (AvgIpc) is 2.52. The first-order valence-corrected chi connectivity index (χ1v) is 8.56. The van der Waals surface area contributed by atoms with Crippen LogP contribution in [0, 0.1) is 5.92 Å². The molecule has 3 amide bonds. The number of aliphatic hydroxyl groups excluding tert-OH is 1. The smallest absolute Gasteiger partial charge is 0.321 e. The highest BCUT2D eigenvalue weighted by Gasteiger charge is 2.22. The number of hydrogen-bond acceptors (Lipinski definition) is 3. The third kappa shape index (κ3) is 5.11. The quantitative estimate of drug-likeness (QED) is 0.778. The lowest BCUT2D eigenvalue weighted by atomic mass is 10.1. The van der Waals surface area contributed by atoms with Crippen LogP contribution in [0.5, 0.6) is 0 Å². The van der Waals surface area contributed by atoms with Gasteiger partial charge in [-0.05, 0) is 37.0 Å². The zero-order chi connectivity index (χ0) is 17.7. The second-order valence-corrected chi connectivity index (χ2v) is 6.88. The predicted octanol–water partition coefficient (Wildman–Crippen LogP) is 2.71. The van der Waals surface area contributed by atoms with Gasteiger partial charge in [0.25, 0.3) is 5.91 Å². The summed E-state index contributed by atoms with van der Waals surface area (Å²) in [7, 11) is 0. The highest BCUT2D eigenvalue weighted by atomic mass is 35.5. The molecule has 0 aliphatic carbocycles. The first-order chi connectivity index (χ1) is 11.4. The third-order valence-corrected chi connectivity index (χ3v) is 4.13. The molecule has 1 aliphatic rings. The highest BCUT2D eigenvalue weighted by molar-refractivity contribution is 6.34. The summed E-state index contributed by atoms with van der Waals surface area (Å²) in [6, 6.07) is 4.53. The molecular weight excluding hydrogens is 330 g/mol. The predicted molar refractivity (Wildman–Crippen MR) is 94.5 cm³/mol. The summed E-state index contributed by atoms with van der Waals surface area (Å²) in [5, 5.41) is 15.5. The van der Waals surface area contributed by atoms with E-state index in [1.807, 2.05) is 13.8 Å². The molecule has 0 radical (unpaired) electrons. The number of anilines is 1. The van der Waals surface area contributed by atoms with Crippen LogP contribution in [0.2, 0.25) is 5.02 Å². The fourth-order valence-corrected chi connectivity index (χ4v) is 2.78. The first-order valence-electron chi connectivity index (χ1n) is 8.18. The number of halogens is 1. The van der Waals surface area contributed by atoms with Gasteiger partial charge in [0, 0.05) is 25.3 Å². The van der Waals surface area contributed by atoms with Crippen molar-refractivity contribution in [2.75, 3.05) is 25.0 Å². The van der Waals surface area contributed by atoms with Gasteiger partial charge in [-0.3, -0.25) is 4.79 Å². The molecule has 1 aliphatic heterocycles. The molecule has 1 aromatic carbocycles. The van der Waals surface area contributed by atoms with Crippen molar-refractivity contribution >= 4 is 29.2 Å². The summed E-state index contributed by atoms with van der Waals surface area (Å²) in [6.45, 7) is 5.54. The van der Waals surface area contributed by atoms with E-state index in [9.17, 15) is 14.7 Å². The number of rotatable bonds is 4. The maximum atomic E-state index is 12.2. The van der Waals surface area contributed by atoms with Crippen LogP contribution < -0.4 is 10.6 Å². The lowest BCUT2D eigenvalue weighted by Gasteiger charge is -2.30. The van der Waals surface area contributed by atoms with E-state index in [2.05, 4.69) is 10.6 Å². The Morgan fingerprint density at radius 3 is 2.79 bits per heavy atom. The minimum Gasteiger partial charge on any atom is -0.391 e. The third-order valence-electron chi connectivity index (χ3n) is 3.82. The van der Waals surface area contributed by atoms with Crippen molar-refractivity contribution in [2.45, 2.75) is 32.8 Å². The number of benzene rings is 1. The first kappa shape index (κ1) is 18.5. The summed E-state index contributed by atoms with van der Waals surface area (Å²) in [6.07, 6.45) is 1.03. The van der Waals surface area contributed by atoms with Crippen molar-refractivity contribution in [3.8, 4) is 0 Å². The van der Waals surface area contributed by atoms with Crippen molar-refractivity contribution in [1.82, 2.24) is 10.2 Å². The number of β-amino-alcohol motifs (C(OH)–C–C–N with tert-alkyl or cyclic N) is 1. The van der Waals surface area contributed by atoms with E-state index >= 15 is 0 Å². The fourth-order valence-electron chi connectivity index (χ4n) is 2.51. The van der Waals surface area contributed by atoms with E-state index in [0.717, 1.165) is 12.8 Å². The van der Waals surface area contributed by atoms with Gasteiger partial charge in [0.15, 0.2) is 0 Å². The van der Waals surface area contributed by atoms with Crippen LogP contribution in [-0.2, 0) is 0 Å². The van der Waals surface area contributed by atoms with E-state index in [1.165, 1.54) is 0 Å². The van der Waals surface area contributed by atoms with Crippen LogP contribution in [-0.4, -0.2) is 47.7 Å². The summed E-state index contributed by atoms with van der Waals surface area (Å²) in [5.74, 6) is 0.122. The number of hydrogen-bond donors (Lipinski definition) is 3. The molecule has 1 atom stereocenters. The summed E-state index contributed by atoms with van der Waals surface area (Å²) in [4.78, 5) is 25.8. The van der Waals surface area contributed by atoms with Gasteiger partial charge in [-0.25, -0.2) is 4.79 Å². The standard InChI is InChI=1S/C17H24ClN3O3/c1-11(2)9-19-16(23)14-6-5-12(8-15(14)18)20-17(24)21-7-3-4-13(22)10-21/h5-6,8,11,13,22H,3-4,7,9-10H2,1-2H3,(H,19,23)(H,20,24). The van der Waals surface area contributed by atoms with Gasteiger partial charge in [0.05, 0.1) is 16.7 Å². The molecule has 2 rings (SSSR count). The number of nitrogens with zero attached hydrogens (tertiary/aromatic N) is 1.